The fourth-order valence-electron chi connectivity index (χ4n) is 4.60. The number of sulfonamides is 1. The number of para-hydroxylation sites is 1. The molecule has 0 aliphatic heterocycles. The monoisotopic (exact) mass is 608 g/mol. The van der Waals surface area contributed by atoms with Gasteiger partial charge in [0.25, 0.3) is 5.91 Å². The van der Waals surface area contributed by atoms with Crippen molar-refractivity contribution in [2.24, 2.45) is 5.10 Å². The number of nitrogens with zero attached hydrogens (tertiary/aromatic N) is 3. The summed E-state index contributed by atoms with van der Waals surface area (Å²) in [6.07, 6.45) is 1.95. The van der Waals surface area contributed by atoms with E-state index in [-0.39, 0.29) is 17.2 Å². The molecule has 0 unspecified atom stereocenters. The average molecular weight is 609 g/mol. The van der Waals surface area contributed by atoms with Crippen LogP contribution >= 0.6 is 11.6 Å². The van der Waals surface area contributed by atoms with Gasteiger partial charge in [0.2, 0.25) is 10.0 Å². The lowest BCUT2D eigenvalue weighted by atomic mass is 10.1. The molecule has 1 heterocycles. The molecule has 1 amide bonds. The Hall–Kier alpha value is -4.12. The average Bonchev–Trinajstić information content (AvgIpc) is 3.27. The van der Waals surface area contributed by atoms with Crippen LogP contribution in [0.3, 0.4) is 0 Å². The molecule has 3 aromatic carbocycles. The maximum atomic E-state index is 13.7. The Morgan fingerprint density at radius 2 is 1.67 bits per heavy atom. The number of carbonyl (C=O) groups is 1. The van der Waals surface area contributed by atoms with Crippen molar-refractivity contribution < 1.29 is 22.7 Å². The Bertz CT molecular complexity index is 1690. The molecule has 1 aromatic heterocycles. The summed E-state index contributed by atoms with van der Waals surface area (Å²) in [5.41, 5.74) is 6.88. The van der Waals surface area contributed by atoms with Gasteiger partial charge in [0.05, 0.1) is 42.6 Å². The second kappa shape index (κ2) is 13.7. The van der Waals surface area contributed by atoms with E-state index in [1.54, 1.807) is 0 Å². The Morgan fingerprint density at radius 3 is 2.36 bits per heavy atom. The first kappa shape index (κ1) is 30.8. The molecular formula is C31H33ClN4O5S. The normalized spacial score (nSPS) is 11.7. The van der Waals surface area contributed by atoms with Crippen LogP contribution in [0.2, 0.25) is 5.02 Å². The summed E-state index contributed by atoms with van der Waals surface area (Å²) >= 11 is 6.41. The third-order valence-corrected chi connectivity index (χ3v) is 8.92. The van der Waals surface area contributed by atoms with Crippen LogP contribution in [0.15, 0.2) is 88.9 Å². The van der Waals surface area contributed by atoms with Gasteiger partial charge in [-0.15, -0.1) is 0 Å². The van der Waals surface area contributed by atoms with E-state index in [9.17, 15) is 13.2 Å². The second-order valence-corrected chi connectivity index (χ2v) is 11.8. The summed E-state index contributed by atoms with van der Waals surface area (Å²) < 4.78 is 41.1. The minimum Gasteiger partial charge on any atom is -0.493 e. The molecule has 1 N–H and O–H groups in total. The maximum absolute atomic E-state index is 13.7. The van der Waals surface area contributed by atoms with E-state index in [4.69, 9.17) is 21.1 Å². The summed E-state index contributed by atoms with van der Waals surface area (Å²) in [6.45, 7) is 3.53. The van der Waals surface area contributed by atoms with Gasteiger partial charge < -0.3 is 14.0 Å². The first-order valence-corrected chi connectivity index (χ1v) is 15.0. The van der Waals surface area contributed by atoms with Crippen LogP contribution in [0.5, 0.6) is 11.5 Å². The van der Waals surface area contributed by atoms with Gasteiger partial charge in [-0.05, 0) is 56.2 Å². The Kier molecular flexibility index (Phi) is 10.1. The molecule has 220 valence electrons. The third kappa shape index (κ3) is 7.02. The summed E-state index contributed by atoms with van der Waals surface area (Å²) in [6, 6.07) is 23.3. The minimum absolute atomic E-state index is 0.0171. The fourth-order valence-corrected chi connectivity index (χ4v) is 6.23. The molecule has 4 rings (SSSR count). The molecule has 4 aromatic rings. The number of ether oxygens (including phenoxy) is 2. The highest BCUT2D eigenvalue weighted by Crippen LogP contribution is 2.31. The summed E-state index contributed by atoms with van der Waals surface area (Å²) in [5.74, 6) is 0.0848. The van der Waals surface area contributed by atoms with Crippen molar-refractivity contribution in [3.8, 4) is 17.2 Å². The number of aryl methyl sites for hydroxylation is 1. The van der Waals surface area contributed by atoms with Crippen molar-refractivity contribution in [3.63, 3.8) is 0 Å². The zero-order valence-corrected chi connectivity index (χ0v) is 25.4. The third-order valence-electron chi connectivity index (χ3n) is 6.76. The number of methoxy groups -OCH3 is 2. The molecule has 0 spiro atoms. The molecule has 42 heavy (non-hydrogen) atoms. The van der Waals surface area contributed by atoms with Crippen molar-refractivity contribution in [1.29, 1.82) is 0 Å². The lowest BCUT2D eigenvalue weighted by Gasteiger charge is -2.22. The standard InChI is InChI=1S/C31H33ClN4O5S/c1-22-18-25(23(2)36(22)28-13-9-8-12-27(28)32)20-33-34-31(37)21-35(17-16-24-10-6-5-7-11-24)42(38,39)26-14-15-29(40-3)30(19-26)41-4/h5-15,18-20H,16-17,21H2,1-4H3,(H,34,37)/b33-20+. The van der Waals surface area contributed by atoms with Gasteiger partial charge in [-0.25, -0.2) is 13.8 Å². The Balaban J connectivity index is 1.53. The Labute approximate surface area is 251 Å². The molecule has 0 bridgehead atoms. The number of hydrogen-bond acceptors (Lipinski definition) is 6. The second-order valence-electron chi connectivity index (χ2n) is 9.50. The molecule has 9 nitrogen and oxygen atoms in total. The Morgan fingerprint density at radius 1 is 0.976 bits per heavy atom. The van der Waals surface area contributed by atoms with Gasteiger partial charge in [-0.1, -0.05) is 54.1 Å². The molecule has 0 saturated heterocycles. The van der Waals surface area contributed by atoms with Crippen LogP contribution in [-0.2, 0) is 21.2 Å². The van der Waals surface area contributed by atoms with E-state index in [0.29, 0.717) is 17.2 Å². The SMILES string of the molecule is COc1ccc(S(=O)(=O)N(CCc2ccccc2)CC(=O)N/N=C/c2cc(C)n(-c3ccccc3Cl)c2C)cc1OC. The van der Waals surface area contributed by atoms with Crippen LogP contribution in [0.25, 0.3) is 5.69 Å². The molecule has 0 aliphatic carbocycles. The quantitative estimate of drug-likeness (QED) is 0.177. The molecule has 0 aliphatic rings. The van der Waals surface area contributed by atoms with Crippen LogP contribution in [0.4, 0.5) is 0 Å². The van der Waals surface area contributed by atoms with Crippen molar-refractivity contribution in [2.45, 2.75) is 25.2 Å². The van der Waals surface area contributed by atoms with E-state index in [1.807, 2.05) is 79.1 Å². The van der Waals surface area contributed by atoms with E-state index in [0.717, 1.165) is 32.5 Å². The smallest absolute Gasteiger partial charge is 0.255 e. The van der Waals surface area contributed by atoms with E-state index >= 15 is 0 Å². The molecular weight excluding hydrogens is 576 g/mol. The van der Waals surface area contributed by atoms with Crippen molar-refractivity contribution >= 4 is 33.7 Å². The zero-order chi connectivity index (χ0) is 30.3. The molecule has 11 heteroatoms. The highest BCUT2D eigenvalue weighted by molar-refractivity contribution is 7.89. The van der Waals surface area contributed by atoms with Crippen LogP contribution in [0.1, 0.15) is 22.5 Å². The number of amides is 1. The number of hydrogen-bond donors (Lipinski definition) is 1. The fraction of sp³-hybridized carbons (Fsp3) is 0.226. The van der Waals surface area contributed by atoms with E-state index in [1.165, 1.54) is 38.6 Å². The maximum Gasteiger partial charge on any atom is 0.255 e. The molecule has 0 saturated carbocycles. The van der Waals surface area contributed by atoms with Crippen LogP contribution in [0, 0.1) is 13.8 Å². The topological polar surface area (TPSA) is 102 Å². The van der Waals surface area contributed by atoms with Gasteiger partial charge in [-0.2, -0.15) is 9.41 Å². The lowest BCUT2D eigenvalue weighted by Crippen LogP contribution is -2.40. The van der Waals surface area contributed by atoms with Gasteiger partial charge in [0, 0.05) is 29.6 Å². The molecule has 0 atom stereocenters. The number of hydrazone groups is 1. The van der Waals surface area contributed by atoms with Crippen LogP contribution < -0.4 is 14.9 Å². The first-order chi connectivity index (χ1) is 20.1. The molecule has 0 fully saturated rings. The summed E-state index contributed by atoms with van der Waals surface area (Å²) in [7, 11) is -1.18. The van der Waals surface area contributed by atoms with Crippen molar-refractivity contribution in [1.82, 2.24) is 14.3 Å². The van der Waals surface area contributed by atoms with Crippen molar-refractivity contribution in [2.75, 3.05) is 27.3 Å². The predicted octanol–water partition coefficient (Wildman–Crippen LogP) is 5.15. The highest BCUT2D eigenvalue weighted by atomic mass is 35.5. The summed E-state index contributed by atoms with van der Waals surface area (Å²) in [4.78, 5) is 13.0. The van der Waals surface area contributed by atoms with Gasteiger partial charge >= 0.3 is 0 Å². The largest absolute Gasteiger partial charge is 0.493 e. The lowest BCUT2D eigenvalue weighted by molar-refractivity contribution is -0.121. The van der Waals surface area contributed by atoms with E-state index in [2.05, 4.69) is 10.5 Å². The van der Waals surface area contributed by atoms with Gasteiger partial charge in [0.1, 0.15) is 0 Å². The minimum atomic E-state index is -4.08. The summed E-state index contributed by atoms with van der Waals surface area (Å²) in [5, 5.41) is 4.73. The number of rotatable bonds is 12. The number of benzene rings is 3. The number of nitrogens with one attached hydrogen (secondary N) is 1. The first-order valence-electron chi connectivity index (χ1n) is 13.2. The predicted molar refractivity (Wildman–Crippen MR) is 164 cm³/mol. The van der Waals surface area contributed by atoms with Gasteiger partial charge in [-0.3, -0.25) is 4.79 Å². The zero-order valence-electron chi connectivity index (χ0n) is 23.9. The number of carbonyl (C=O) groups excluding carboxylic acids is 1. The van der Waals surface area contributed by atoms with E-state index < -0.39 is 22.5 Å². The van der Waals surface area contributed by atoms with Crippen molar-refractivity contribution in [3.05, 3.63) is 106 Å². The van der Waals surface area contributed by atoms with Gasteiger partial charge in [0.15, 0.2) is 11.5 Å². The van der Waals surface area contributed by atoms with Crippen LogP contribution in [-0.4, -0.2) is 56.7 Å². The number of aromatic nitrogens is 1. The number of halogens is 1. The highest BCUT2D eigenvalue weighted by Gasteiger charge is 2.28. The molecule has 0 radical (unpaired) electrons.